The minimum Gasteiger partial charge on any atom is -0.349 e. The van der Waals surface area contributed by atoms with E-state index in [9.17, 15) is 0 Å². The molecule has 5 nitrogen and oxygen atoms in total. The van der Waals surface area contributed by atoms with Crippen molar-refractivity contribution in [3.8, 4) is 0 Å². The first-order chi connectivity index (χ1) is 5.40. The van der Waals surface area contributed by atoms with E-state index in [0.29, 0.717) is 0 Å². The fraction of sp³-hybridized carbons (Fsp3) is 0.200. The van der Waals surface area contributed by atoms with Crippen molar-refractivity contribution < 1.29 is 0 Å². The number of aromatic nitrogens is 2. The maximum Gasteiger partial charge on any atom is 0.174 e. The normalized spacial score (nSPS) is 20.3. The van der Waals surface area contributed by atoms with E-state index in [0.717, 1.165) is 11.5 Å². The van der Waals surface area contributed by atoms with Gasteiger partial charge >= 0.3 is 0 Å². The maximum atomic E-state index is 3.89. The Labute approximate surface area is 77.5 Å². The lowest BCUT2D eigenvalue weighted by Crippen LogP contribution is -2.32. The standard InChI is InChI=1S/C5H6IN5/c6-10-5-8-3-1-2-7-11-4(3)9-5/h1-2,5,8,10H,(H,9,11). The van der Waals surface area contributed by atoms with E-state index in [-0.39, 0.29) is 6.29 Å². The zero-order chi connectivity index (χ0) is 7.68. The molecule has 1 unspecified atom stereocenters. The van der Waals surface area contributed by atoms with Gasteiger partial charge in [0.05, 0.1) is 11.9 Å². The fourth-order valence-electron chi connectivity index (χ4n) is 0.938. The van der Waals surface area contributed by atoms with Crippen LogP contribution in [0.3, 0.4) is 0 Å². The molecule has 0 spiro atoms. The molecule has 0 radical (unpaired) electrons. The molecule has 0 aromatic carbocycles. The molecule has 2 rings (SSSR count). The molecule has 0 fully saturated rings. The molecule has 1 aliphatic heterocycles. The lowest BCUT2D eigenvalue weighted by Gasteiger charge is -2.06. The molecule has 0 saturated carbocycles. The van der Waals surface area contributed by atoms with Crippen molar-refractivity contribution in [2.45, 2.75) is 6.29 Å². The second-order valence-corrected chi connectivity index (χ2v) is 2.75. The van der Waals surface area contributed by atoms with E-state index in [4.69, 9.17) is 0 Å². The summed E-state index contributed by atoms with van der Waals surface area (Å²) in [6, 6.07) is 1.88. The highest BCUT2D eigenvalue weighted by Crippen LogP contribution is 2.23. The summed E-state index contributed by atoms with van der Waals surface area (Å²) in [4.78, 5) is 0. The first-order valence-electron chi connectivity index (χ1n) is 3.11. The molecule has 0 saturated heterocycles. The first kappa shape index (κ1) is 7.04. The number of hydrogen-bond acceptors (Lipinski definition) is 5. The molecule has 1 aromatic heterocycles. The Kier molecular flexibility index (Phi) is 1.78. The van der Waals surface area contributed by atoms with Crippen LogP contribution in [0.5, 0.6) is 0 Å². The third-order valence-electron chi connectivity index (χ3n) is 1.41. The van der Waals surface area contributed by atoms with Gasteiger partial charge in [-0.25, -0.2) is 3.53 Å². The van der Waals surface area contributed by atoms with Gasteiger partial charge in [-0.2, -0.15) is 5.10 Å². The third-order valence-corrected chi connectivity index (χ3v) is 2.03. The minimum atomic E-state index is 0.0577. The number of halogens is 1. The van der Waals surface area contributed by atoms with Gasteiger partial charge in [-0.3, -0.25) is 0 Å². The second kappa shape index (κ2) is 2.78. The molecule has 1 aromatic rings. The van der Waals surface area contributed by atoms with Crippen molar-refractivity contribution in [3.05, 3.63) is 12.3 Å². The average Bonchev–Trinajstić information content (AvgIpc) is 2.46. The first-order valence-corrected chi connectivity index (χ1v) is 4.19. The third kappa shape index (κ3) is 1.23. The Morgan fingerprint density at radius 2 is 2.45 bits per heavy atom. The van der Waals surface area contributed by atoms with Crippen LogP contribution < -0.4 is 14.2 Å². The number of hydrogen-bond donors (Lipinski definition) is 3. The largest absolute Gasteiger partial charge is 0.349 e. The summed E-state index contributed by atoms with van der Waals surface area (Å²) in [5, 5.41) is 13.9. The smallest absolute Gasteiger partial charge is 0.174 e. The van der Waals surface area contributed by atoms with Gasteiger partial charge in [0.2, 0.25) is 0 Å². The van der Waals surface area contributed by atoms with E-state index in [1.165, 1.54) is 0 Å². The molecular formula is C5H6IN5. The van der Waals surface area contributed by atoms with Crippen LogP contribution in [0.4, 0.5) is 11.5 Å². The van der Waals surface area contributed by atoms with Crippen LogP contribution >= 0.6 is 22.9 Å². The van der Waals surface area contributed by atoms with Crippen molar-refractivity contribution in [1.29, 1.82) is 0 Å². The highest BCUT2D eigenvalue weighted by atomic mass is 127. The molecule has 0 amide bonds. The van der Waals surface area contributed by atoms with E-state index in [1.54, 1.807) is 6.20 Å². The van der Waals surface area contributed by atoms with E-state index < -0.39 is 0 Å². The summed E-state index contributed by atoms with van der Waals surface area (Å²) < 4.78 is 2.99. The predicted molar refractivity (Wildman–Crippen MR) is 50.2 cm³/mol. The SMILES string of the molecule is INC1Nc2ccnnc2N1. The van der Waals surface area contributed by atoms with Crippen molar-refractivity contribution in [2.75, 3.05) is 10.6 Å². The van der Waals surface area contributed by atoms with Crippen LogP contribution in [-0.4, -0.2) is 16.5 Å². The van der Waals surface area contributed by atoms with Gasteiger partial charge in [0.15, 0.2) is 12.1 Å². The van der Waals surface area contributed by atoms with Crippen molar-refractivity contribution in [2.24, 2.45) is 0 Å². The molecule has 2 heterocycles. The van der Waals surface area contributed by atoms with Crippen LogP contribution in [0.1, 0.15) is 0 Å². The van der Waals surface area contributed by atoms with Crippen molar-refractivity contribution in [1.82, 2.24) is 13.7 Å². The Hall–Kier alpha value is -0.630. The molecular weight excluding hydrogens is 257 g/mol. The Morgan fingerprint density at radius 1 is 1.55 bits per heavy atom. The van der Waals surface area contributed by atoms with Gasteiger partial charge in [-0.1, -0.05) is 0 Å². The maximum absolute atomic E-state index is 3.89. The lowest BCUT2D eigenvalue weighted by molar-refractivity contribution is 0.852. The Bertz CT molecular complexity index is 240. The van der Waals surface area contributed by atoms with E-state index >= 15 is 0 Å². The van der Waals surface area contributed by atoms with Crippen LogP contribution in [0, 0.1) is 0 Å². The lowest BCUT2D eigenvalue weighted by atomic mass is 10.5. The van der Waals surface area contributed by atoms with Gasteiger partial charge < -0.3 is 10.6 Å². The van der Waals surface area contributed by atoms with E-state index in [1.807, 2.05) is 6.07 Å². The highest BCUT2D eigenvalue weighted by Gasteiger charge is 2.18. The summed E-state index contributed by atoms with van der Waals surface area (Å²) in [5.74, 6) is 0.793. The van der Waals surface area contributed by atoms with Gasteiger partial charge in [-0.15, -0.1) is 5.10 Å². The summed E-state index contributed by atoms with van der Waals surface area (Å²) in [6.07, 6.45) is 1.71. The molecule has 1 aliphatic rings. The Morgan fingerprint density at radius 3 is 3.18 bits per heavy atom. The Balaban J connectivity index is 2.27. The quantitative estimate of drug-likeness (QED) is 0.510. The topological polar surface area (TPSA) is 61.9 Å². The molecule has 3 N–H and O–H groups in total. The van der Waals surface area contributed by atoms with Crippen LogP contribution in [0.25, 0.3) is 0 Å². The zero-order valence-corrected chi connectivity index (χ0v) is 7.66. The minimum absolute atomic E-state index is 0.0577. The number of anilines is 2. The van der Waals surface area contributed by atoms with Crippen LogP contribution in [-0.2, 0) is 0 Å². The molecule has 0 bridgehead atoms. The molecule has 6 heteroatoms. The molecule has 1 atom stereocenters. The highest BCUT2D eigenvalue weighted by molar-refractivity contribution is 14.1. The fourth-order valence-corrected chi connectivity index (χ4v) is 1.25. The van der Waals surface area contributed by atoms with Crippen LogP contribution in [0.15, 0.2) is 12.3 Å². The van der Waals surface area contributed by atoms with Crippen LogP contribution in [0.2, 0.25) is 0 Å². The zero-order valence-electron chi connectivity index (χ0n) is 5.50. The average molecular weight is 263 g/mol. The van der Waals surface area contributed by atoms with Gasteiger partial charge in [0, 0.05) is 22.9 Å². The summed E-state index contributed by atoms with van der Waals surface area (Å²) >= 11 is 2.06. The summed E-state index contributed by atoms with van der Waals surface area (Å²) in [5.41, 5.74) is 0.981. The van der Waals surface area contributed by atoms with Crippen molar-refractivity contribution >= 4 is 34.4 Å². The summed E-state index contributed by atoms with van der Waals surface area (Å²) in [6.45, 7) is 0. The molecule has 11 heavy (non-hydrogen) atoms. The van der Waals surface area contributed by atoms with E-state index in [2.05, 4.69) is 47.2 Å². The predicted octanol–water partition coefficient (Wildman–Crippen LogP) is 0.537. The monoisotopic (exact) mass is 263 g/mol. The molecule has 58 valence electrons. The van der Waals surface area contributed by atoms with Crippen molar-refractivity contribution in [3.63, 3.8) is 0 Å². The molecule has 0 aliphatic carbocycles. The van der Waals surface area contributed by atoms with Gasteiger partial charge in [0.1, 0.15) is 0 Å². The number of fused-ring (bicyclic) bond motifs is 1. The van der Waals surface area contributed by atoms with Gasteiger partial charge in [-0.05, 0) is 6.07 Å². The van der Waals surface area contributed by atoms with Gasteiger partial charge in [0.25, 0.3) is 0 Å². The number of nitrogens with zero attached hydrogens (tertiary/aromatic N) is 2. The number of nitrogens with one attached hydrogen (secondary N) is 3. The second-order valence-electron chi connectivity index (χ2n) is 2.12. The summed E-state index contributed by atoms with van der Waals surface area (Å²) in [7, 11) is 0. The number of rotatable bonds is 1.